The number of nitrogens with zero attached hydrogens (tertiary/aromatic N) is 1. The fourth-order valence-electron chi connectivity index (χ4n) is 2.49. The molecule has 3 rings (SSSR count). The molecule has 9 nitrogen and oxygen atoms in total. The van der Waals surface area contributed by atoms with Crippen molar-refractivity contribution in [2.45, 2.75) is 16.6 Å². The number of ether oxygens (including phenoxy) is 1. The number of carbonyl (C=O) groups excluding carboxylic acids is 3. The average Bonchev–Trinajstić information content (AvgIpc) is 2.68. The fourth-order valence-corrected chi connectivity index (χ4v) is 4.05. The van der Waals surface area contributed by atoms with Crippen molar-refractivity contribution < 1.29 is 24.0 Å². The van der Waals surface area contributed by atoms with E-state index in [9.17, 15) is 24.5 Å². The van der Waals surface area contributed by atoms with Crippen LogP contribution in [0.15, 0.2) is 51.8 Å². The minimum absolute atomic E-state index is 0.133. The van der Waals surface area contributed by atoms with E-state index in [0.29, 0.717) is 15.8 Å². The molecule has 2 amide bonds. The number of non-ortho nitro benzene ring substituents is 1. The molecule has 0 saturated carbocycles. The van der Waals surface area contributed by atoms with Gasteiger partial charge in [0.2, 0.25) is 5.91 Å². The molecule has 150 valence electrons. The van der Waals surface area contributed by atoms with Crippen molar-refractivity contribution in [3.63, 3.8) is 0 Å². The number of amides is 2. The number of carbonyl (C=O) groups is 3. The number of esters is 1. The second-order valence-electron chi connectivity index (χ2n) is 5.93. The van der Waals surface area contributed by atoms with Crippen LogP contribution in [-0.2, 0) is 19.1 Å². The highest BCUT2D eigenvalue weighted by Gasteiger charge is 2.29. The van der Waals surface area contributed by atoms with Gasteiger partial charge in [0.05, 0.1) is 28.0 Å². The summed E-state index contributed by atoms with van der Waals surface area (Å²) in [4.78, 5) is 47.1. The van der Waals surface area contributed by atoms with Gasteiger partial charge in [-0.3, -0.25) is 24.5 Å². The van der Waals surface area contributed by atoms with Crippen molar-refractivity contribution in [1.29, 1.82) is 0 Å². The zero-order valence-corrected chi connectivity index (χ0v) is 17.1. The lowest BCUT2D eigenvalue weighted by molar-refractivity contribution is -0.384. The van der Waals surface area contributed by atoms with Gasteiger partial charge in [-0.1, -0.05) is 12.1 Å². The number of hydrogen-bond donors (Lipinski definition) is 2. The smallest absolute Gasteiger partial charge is 0.307 e. The average molecular weight is 480 g/mol. The van der Waals surface area contributed by atoms with E-state index >= 15 is 0 Å². The van der Waals surface area contributed by atoms with Gasteiger partial charge in [0.15, 0.2) is 6.61 Å². The number of rotatable bonds is 6. The molecule has 2 aromatic carbocycles. The minimum Gasteiger partial charge on any atom is -0.456 e. The van der Waals surface area contributed by atoms with Gasteiger partial charge >= 0.3 is 5.97 Å². The molecule has 29 heavy (non-hydrogen) atoms. The SMILES string of the molecule is O=C(COC(=O)C[C@H]1Sc2ccccc2NC1=O)Nc1ccc([N+](=O)[O-])cc1Br. The topological polar surface area (TPSA) is 128 Å². The van der Waals surface area contributed by atoms with Crippen LogP contribution in [0.4, 0.5) is 17.1 Å². The number of anilines is 2. The molecular weight excluding hydrogens is 466 g/mol. The summed E-state index contributed by atoms with van der Waals surface area (Å²) < 4.78 is 5.27. The number of para-hydroxylation sites is 1. The van der Waals surface area contributed by atoms with Gasteiger partial charge in [0.25, 0.3) is 11.6 Å². The quantitative estimate of drug-likeness (QED) is 0.369. The molecule has 1 heterocycles. The number of halogens is 1. The van der Waals surface area contributed by atoms with Crippen molar-refractivity contribution in [2.24, 2.45) is 0 Å². The first kappa shape index (κ1) is 20.8. The summed E-state index contributed by atoms with van der Waals surface area (Å²) in [6.45, 7) is -0.544. The Bertz CT molecular complexity index is 999. The van der Waals surface area contributed by atoms with E-state index in [4.69, 9.17) is 4.74 Å². The summed E-state index contributed by atoms with van der Waals surface area (Å²) in [5, 5.41) is 15.3. The predicted octanol–water partition coefficient (Wildman–Crippen LogP) is 3.34. The molecule has 0 fully saturated rings. The predicted molar refractivity (Wildman–Crippen MR) is 110 cm³/mol. The molecule has 0 saturated heterocycles. The Morgan fingerprint density at radius 2 is 2.03 bits per heavy atom. The largest absolute Gasteiger partial charge is 0.456 e. The molecule has 2 aromatic rings. The Balaban J connectivity index is 1.50. The van der Waals surface area contributed by atoms with E-state index in [1.807, 2.05) is 12.1 Å². The van der Waals surface area contributed by atoms with E-state index in [-0.39, 0.29) is 18.0 Å². The Labute approximate surface area is 177 Å². The van der Waals surface area contributed by atoms with Gasteiger partial charge in [0, 0.05) is 21.5 Å². The number of benzene rings is 2. The van der Waals surface area contributed by atoms with E-state index in [2.05, 4.69) is 26.6 Å². The third kappa shape index (κ3) is 5.33. The molecule has 0 unspecified atom stereocenters. The molecule has 1 atom stereocenters. The van der Waals surface area contributed by atoms with Crippen LogP contribution in [0.2, 0.25) is 0 Å². The van der Waals surface area contributed by atoms with Crippen molar-refractivity contribution >= 4 is 62.5 Å². The molecule has 1 aliphatic heterocycles. The molecular formula is C18H14BrN3O6S. The molecule has 0 aliphatic carbocycles. The Morgan fingerprint density at radius 3 is 2.76 bits per heavy atom. The lowest BCUT2D eigenvalue weighted by Gasteiger charge is -2.23. The molecule has 0 spiro atoms. The second kappa shape index (κ2) is 9.05. The number of hydrogen-bond acceptors (Lipinski definition) is 7. The van der Waals surface area contributed by atoms with Gasteiger partial charge in [-0.05, 0) is 34.1 Å². The van der Waals surface area contributed by atoms with Crippen LogP contribution in [0.3, 0.4) is 0 Å². The van der Waals surface area contributed by atoms with E-state index < -0.39 is 28.7 Å². The second-order valence-corrected chi connectivity index (χ2v) is 8.03. The van der Waals surface area contributed by atoms with Crippen molar-refractivity contribution in [1.82, 2.24) is 0 Å². The summed E-state index contributed by atoms with van der Waals surface area (Å²) in [6.07, 6.45) is -0.181. The van der Waals surface area contributed by atoms with Crippen molar-refractivity contribution in [2.75, 3.05) is 17.2 Å². The van der Waals surface area contributed by atoms with Crippen molar-refractivity contribution in [3.05, 3.63) is 57.1 Å². The molecule has 0 bridgehead atoms. The number of nitro groups is 1. The first-order valence-electron chi connectivity index (χ1n) is 8.29. The third-order valence-electron chi connectivity index (χ3n) is 3.86. The minimum atomic E-state index is -0.685. The Kier molecular flexibility index (Phi) is 6.49. The summed E-state index contributed by atoms with van der Waals surface area (Å²) in [5.41, 5.74) is 0.863. The van der Waals surface area contributed by atoms with Crippen LogP contribution in [0.1, 0.15) is 6.42 Å². The van der Waals surface area contributed by atoms with Gasteiger partial charge in [-0.15, -0.1) is 11.8 Å². The molecule has 1 aliphatic rings. The highest BCUT2D eigenvalue weighted by molar-refractivity contribution is 9.10. The Hall–Kier alpha value is -2.92. The maximum absolute atomic E-state index is 12.1. The van der Waals surface area contributed by atoms with Crippen LogP contribution in [0.5, 0.6) is 0 Å². The normalized spacial score (nSPS) is 15.1. The number of nitro benzene ring substituents is 1. The van der Waals surface area contributed by atoms with E-state index in [0.717, 1.165) is 4.90 Å². The van der Waals surface area contributed by atoms with Gasteiger partial charge in [-0.2, -0.15) is 0 Å². The van der Waals surface area contributed by atoms with Gasteiger partial charge in [0.1, 0.15) is 0 Å². The first-order chi connectivity index (χ1) is 13.8. The third-order valence-corrected chi connectivity index (χ3v) is 5.79. The summed E-state index contributed by atoms with van der Waals surface area (Å²) in [7, 11) is 0. The molecule has 11 heteroatoms. The zero-order valence-electron chi connectivity index (χ0n) is 14.7. The van der Waals surface area contributed by atoms with Crippen molar-refractivity contribution in [3.8, 4) is 0 Å². The lowest BCUT2D eigenvalue weighted by Crippen LogP contribution is -2.32. The maximum Gasteiger partial charge on any atom is 0.307 e. The van der Waals surface area contributed by atoms with Gasteiger partial charge in [-0.25, -0.2) is 0 Å². The Morgan fingerprint density at radius 1 is 1.28 bits per heavy atom. The first-order valence-corrected chi connectivity index (χ1v) is 9.96. The lowest BCUT2D eigenvalue weighted by atomic mass is 10.2. The number of fused-ring (bicyclic) bond motifs is 1. The number of nitrogens with one attached hydrogen (secondary N) is 2. The van der Waals surface area contributed by atoms with E-state index in [1.54, 1.807) is 12.1 Å². The van der Waals surface area contributed by atoms with Crippen LogP contribution >= 0.6 is 27.7 Å². The summed E-state index contributed by atoms with van der Waals surface area (Å²) >= 11 is 4.40. The van der Waals surface area contributed by atoms with Crippen LogP contribution < -0.4 is 10.6 Å². The van der Waals surface area contributed by atoms with Crippen LogP contribution in [0, 0.1) is 10.1 Å². The maximum atomic E-state index is 12.1. The van der Waals surface area contributed by atoms with E-state index in [1.165, 1.54) is 30.0 Å². The van der Waals surface area contributed by atoms with Crippen LogP contribution in [0.25, 0.3) is 0 Å². The fraction of sp³-hybridized carbons (Fsp3) is 0.167. The van der Waals surface area contributed by atoms with Crippen LogP contribution in [-0.4, -0.2) is 34.6 Å². The summed E-state index contributed by atoms with van der Waals surface area (Å²) in [6, 6.07) is 11.1. The zero-order chi connectivity index (χ0) is 21.0. The molecule has 2 N–H and O–H groups in total. The van der Waals surface area contributed by atoms with Gasteiger partial charge < -0.3 is 15.4 Å². The molecule has 0 aromatic heterocycles. The monoisotopic (exact) mass is 479 g/mol. The number of thioether (sulfide) groups is 1. The highest BCUT2D eigenvalue weighted by atomic mass is 79.9. The molecule has 0 radical (unpaired) electrons. The summed E-state index contributed by atoms with van der Waals surface area (Å²) in [5.74, 6) is -1.60. The highest BCUT2D eigenvalue weighted by Crippen LogP contribution is 2.36. The standard InChI is InChI=1S/C18H14BrN3O6S/c19-11-7-10(22(26)27)5-6-12(11)20-16(23)9-28-17(24)8-15-18(25)21-13-3-1-2-4-14(13)29-15/h1-7,15H,8-9H2,(H,20,23)(H,21,25)/t15-/m1/s1.